The second kappa shape index (κ2) is 7.35. The molecule has 1 amide bonds. The summed E-state index contributed by atoms with van der Waals surface area (Å²) in [5, 5.41) is 14.0. The first-order chi connectivity index (χ1) is 10.5. The molecule has 0 aliphatic carbocycles. The van der Waals surface area contributed by atoms with E-state index in [0.717, 1.165) is 19.5 Å². The van der Waals surface area contributed by atoms with Crippen LogP contribution in [0.3, 0.4) is 0 Å². The molecule has 1 saturated heterocycles. The lowest BCUT2D eigenvalue weighted by atomic mass is 10.1. The van der Waals surface area contributed by atoms with E-state index in [1.54, 1.807) is 19.1 Å². The molecule has 1 aliphatic rings. The molecule has 120 valence electrons. The number of hydrogen-bond donors (Lipinski definition) is 1. The SMILES string of the molecule is CCC(CNC(=O)c1cccc(C)c1[N+](=O)[O-])N1CCCC1. The minimum absolute atomic E-state index is 0.103. The highest BCUT2D eigenvalue weighted by Crippen LogP contribution is 2.23. The van der Waals surface area contributed by atoms with Gasteiger partial charge in [-0.25, -0.2) is 0 Å². The van der Waals surface area contributed by atoms with Crippen molar-refractivity contribution in [2.75, 3.05) is 19.6 Å². The van der Waals surface area contributed by atoms with Crippen molar-refractivity contribution in [3.05, 3.63) is 39.4 Å². The molecule has 1 unspecified atom stereocenters. The van der Waals surface area contributed by atoms with Crippen molar-refractivity contribution in [2.24, 2.45) is 0 Å². The largest absolute Gasteiger partial charge is 0.350 e. The van der Waals surface area contributed by atoms with Crippen LogP contribution in [0.25, 0.3) is 0 Å². The first-order valence-corrected chi connectivity index (χ1v) is 7.80. The molecule has 0 saturated carbocycles. The van der Waals surface area contributed by atoms with Gasteiger partial charge in [0.15, 0.2) is 0 Å². The van der Waals surface area contributed by atoms with Gasteiger partial charge in [-0.3, -0.25) is 19.8 Å². The minimum atomic E-state index is -0.484. The predicted octanol–water partition coefficient (Wildman–Crippen LogP) is 2.51. The van der Waals surface area contributed by atoms with Gasteiger partial charge in [-0.05, 0) is 45.3 Å². The normalized spacial score (nSPS) is 16.5. The maximum Gasteiger partial charge on any atom is 0.285 e. The molecule has 0 spiro atoms. The summed E-state index contributed by atoms with van der Waals surface area (Å²) >= 11 is 0. The Balaban J connectivity index is 2.06. The molecule has 6 nitrogen and oxygen atoms in total. The molecular weight excluding hydrogens is 282 g/mol. The average molecular weight is 305 g/mol. The average Bonchev–Trinajstić information content (AvgIpc) is 3.01. The maximum atomic E-state index is 12.3. The summed E-state index contributed by atoms with van der Waals surface area (Å²) in [7, 11) is 0. The number of nitrogens with one attached hydrogen (secondary N) is 1. The summed E-state index contributed by atoms with van der Waals surface area (Å²) in [4.78, 5) is 25.4. The zero-order valence-corrected chi connectivity index (χ0v) is 13.2. The zero-order valence-electron chi connectivity index (χ0n) is 13.2. The van der Waals surface area contributed by atoms with Crippen LogP contribution < -0.4 is 5.32 Å². The Morgan fingerprint density at radius 3 is 2.68 bits per heavy atom. The fourth-order valence-corrected chi connectivity index (χ4v) is 3.03. The van der Waals surface area contributed by atoms with Crippen LogP contribution in [0.1, 0.15) is 42.1 Å². The van der Waals surface area contributed by atoms with Gasteiger partial charge in [0.2, 0.25) is 0 Å². The van der Waals surface area contributed by atoms with Gasteiger partial charge in [-0.15, -0.1) is 0 Å². The van der Waals surface area contributed by atoms with E-state index in [-0.39, 0.29) is 17.2 Å². The van der Waals surface area contributed by atoms with E-state index in [4.69, 9.17) is 0 Å². The fraction of sp³-hybridized carbons (Fsp3) is 0.562. The van der Waals surface area contributed by atoms with Crippen molar-refractivity contribution < 1.29 is 9.72 Å². The van der Waals surface area contributed by atoms with Crippen LogP contribution in [0.15, 0.2) is 18.2 Å². The van der Waals surface area contributed by atoms with Crippen LogP contribution in [0, 0.1) is 17.0 Å². The summed E-state index contributed by atoms with van der Waals surface area (Å²) in [6, 6.07) is 5.13. The third kappa shape index (κ3) is 3.62. The molecule has 22 heavy (non-hydrogen) atoms. The van der Waals surface area contributed by atoms with Crippen LogP contribution in [0.5, 0.6) is 0 Å². The van der Waals surface area contributed by atoms with E-state index < -0.39 is 4.92 Å². The molecule has 0 bridgehead atoms. The quantitative estimate of drug-likeness (QED) is 0.647. The number of benzene rings is 1. The molecule has 1 atom stereocenters. The number of amides is 1. The van der Waals surface area contributed by atoms with Gasteiger partial charge >= 0.3 is 0 Å². The Kier molecular flexibility index (Phi) is 5.49. The Labute approximate surface area is 130 Å². The highest BCUT2D eigenvalue weighted by molar-refractivity contribution is 5.98. The summed E-state index contributed by atoms with van der Waals surface area (Å²) in [6.07, 6.45) is 3.36. The lowest BCUT2D eigenvalue weighted by Crippen LogP contribution is -2.42. The topological polar surface area (TPSA) is 75.5 Å². The van der Waals surface area contributed by atoms with Crippen LogP contribution in [-0.4, -0.2) is 41.4 Å². The Hall–Kier alpha value is -1.95. The number of nitro groups is 1. The van der Waals surface area contributed by atoms with Crippen molar-refractivity contribution >= 4 is 11.6 Å². The van der Waals surface area contributed by atoms with Gasteiger partial charge < -0.3 is 5.32 Å². The van der Waals surface area contributed by atoms with Crippen LogP contribution in [-0.2, 0) is 0 Å². The van der Waals surface area contributed by atoms with Crippen LogP contribution >= 0.6 is 0 Å². The zero-order chi connectivity index (χ0) is 16.1. The van der Waals surface area contributed by atoms with E-state index in [2.05, 4.69) is 17.1 Å². The van der Waals surface area contributed by atoms with Crippen LogP contribution in [0.2, 0.25) is 0 Å². The number of aryl methyl sites for hydroxylation is 1. The lowest BCUT2D eigenvalue weighted by Gasteiger charge is -2.26. The Morgan fingerprint density at radius 2 is 2.09 bits per heavy atom. The summed E-state index contributed by atoms with van der Waals surface area (Å²) in [5.41, 5.74) is 0.541. The van der Waals surface area contributed by atoms with Gasteiger partial charge in [-0.1, -0.05) is 19.1 Å². The van der Waals surface area contributed by atoms with E-state index >= 15 is 0 Å². The lowest BCUT2D eigenvalue weighted by molar-refractivity contribution is -0.385. The number of likely N-dealkylation sites (tertiary alicyclic amines) is 1. The molecule has 1 aliphatic heterocycles. The van der Waals surface area contributed by atoms with Gasteiger partial charge in [0.25, 0.3) is 11.6 Å². The standard InChI is InChI=1S/C16H23N3O3/c1-3-13(18-9-4-5-10-18)11-17-16(20)14-8-6-7-12(2)15(14)19(21)22/h6-8,13H,3-5,9-11H2,1-2H3,(H,17,20). The number of para-hydroxylation sites is 1. The third-order valence-electron chi connectivity index (χ3n) is 4.29. The van der Waals surface area contributed by atoms with E-state index in [1.165, 1.54) is 18.9 Å². The number of rotatable bonds is 6. The first kappa shape index (κ1) is 16.4. The predicted molar refractivity (Wildman–Crippen MR) is 85.1 cm³/mol. The minimum Gasteiger partial charge on any atom is -0.350 e. The Bertz CT molecular complexity index is 554. The second-order valence-corrected chi connectivity index (χ2v) is 5.74. The number of carbonyl (C=O) groups is 1. The van der Waals surface area contributed by atoms with Gasteiger partial charge in [0.1, 0.15) is 5.56 Å². The molecule has 1 N–H and O–H groups in total. The summed E-state index contributed by atoms with van der Waals surface area (Å²) in [5.74, 6) is -0.368. The first-order valence-electron chi connectivity index (χ1n) is 7.80. The van der Waals surface area contributed by atoms with Crippen molar-refractivity contribution in [1.29, 1.82) is 0 Å². The maximum absolute atomic E-state index is 12.3. The van der Waals surface area contributed by atoms with E-state index in [1.807, 2.05) is 0 Å². The Morgan fingerprint density at radius 1 is 1.41 bits per heavy atom. The summed E-state index contributed by atoms with van der Waals surface area (Å²) in [6.45, 7) is 6.41. The number of nitrogens with zero attached hydrogens (tertiary/aromatic N) is 2. The number of hydrogen-bond acceptors (Lipinski definition) is 4. The highest BCUT2D eigenvalue weighted by atomic mass is 16.6. The third-order valence-corrected chi connectivity index (χ3v) is 4.29. The monoisotopic (exact) mass is 305 g/mol. The molecule has 1 aromatic rings. The molecule has 1 fully saturated rings. The molecular formula is C16H23N3O3. The molecule has 2 rings (SSSR count). The molecule has 0 aromatic heterocycles. The van der Waals surface area contributed by atoms with Crippen molar-refractivity contribution in [3.8, 4) is 0 Å². The fourth-order valence-electron chi connectivity index (χ4n) is 3.03. The highest BCUT2D eigenvalue weighted by Gasteiger charge is 2.24. The number of carbonyl (C=O) groups excluding carboxylic acids is 1. The van der Waals surface area contributed by atoms with Crippen molar-refractivity contribution in [1.82, 2.24) is 10.2 Å². The molecule has 6 heteroatoms. The van der Waals surface area contributed by atoms with Gasteiger partial charge in [0.05, 0.1) is 4.92 Å². The number of nitro benzene ring substituents is 1. The van der Waals surface area contributed by atoms with Gasteiger partial charge in [-0.2, -0.15) is 0 Å². The van der Waals surface area contributed by atoms with Crippen molar-refractivity contribution in [3.63, 3.8) is 0 Å². The molecule has 1 heterocycles. The van der Waals surface area contributed by atoms with Crippen molar-refractivity contribution in [2.45, 2.75) is 39.2 Å². The molecule has 1 aromatic carbocycles. The second-order valence-electron chi connectivity index (χ2n) is 5.74. The van der Waals surface area contributed by atoms with E-state index in [9.17, 15) is 14.9 Å². The van der Waals surface area contributed by atoms with Gasteiger partial charge in [0, 0.05) is 18.2 Å². The smallest absolute Gasteiger partial charge is 0.285 e. The van der Waals surface area contributed by atoms with E-state index in [0.29, 0.717) is 18.2 Å². The summed E-state index contributed by atoms with van der Waals surface area (Å²) < 4.78 is 0. The van der Waals surface area contributed by atoms with Crippen LogP contribution in [0.4, 0.5) is 5.69 Å². The molecule has 0 radical (unpaired) electrons.